The van der Waals surface area contributed by atoms with Crippen LogP contribution in [0.1, 0.15) is 36.4 Å². The predicted molar refractivity (Wildman–Crippen MR) is 125 cm³/mol. The highest BCUT2D eigenvalue weighted by Crippen LogP contribution is 2.19. The smallest absolute Gasteiger partial charge is 0.286 e. The number of aromatic nitrogens is 4. The van der Waals surface area contributed by atoms with Gasteiger partial charge in [-0.25, -0.2) is 0 Å². The minimum Gasteiger partial charge on any atom is -0.486 e. The SMILES string of the molecule is Cc1[nH]ncc1CNC(=O)c1ccc(OCc2nnc(C(=O)Nc3cccc(Cl)c3)s2)cc1. The number of hydrogen-bond acceptors (Lipinski definition) is 7. The van der Waals surface area contributed by atoms with Crippen LogP contribution in [-0.4, -0.2) is 32.2 Å². The summed E-state index contributed by atoms with van der Waals surface area (Å²) in [6.45, 7) is 2.43. The molecular formula is C22H19ClN6O3S. The van der Waals surface area contributed by atoms with Gasteiger partial charge >= 0.3 is 0 Å². The lowest BCUT2D eigenvalue weighted by Gasteiger charge is -2.07. The van der Waals surface area contributed by atoms with Gasteiger partial charge in [-0.3, -0.25) is 14.7 Å². The van der Waals surface area contributed by atoms with Crippen LogP contribution in [0.5, 0.6) is 5.75 Å². The highest BCUT2D eigenvalue weighted by molar-refractivity contribution is 7.13. The quantitative estimate of drug-likeness (QED) is 0.349. The second-order valence-electron chi connectivity index (χ2n) is 6.98. The van der Waals surface area contributed by atoms with Crippen LogP contribution in [0.2, 0.25) is 5.02 Å². The van der Waals surface area contributed by atoms with Crippen LogP contribution in [0, 0.1) is 6.92 Å². The average Bonchev–Trinajstić information content (AvgIpc) is 3.45. The van der Waals surface area contributed by atoms with E-state index in [1.807, 2.05) is 6.92 Å². The molecule has 9 nitrogen and oxygen atoms in total. The molecule has 33 heavy (non-hydrogen) atoms. The number of nitrogens with zero attached hydrogens (tertiary/aromatic N) is 3. The monoisotopic (exact) mass is 482 g/mol. The summed E-state index contributed by atoms with van der Waals surface area (Å²) in [4.78, 5) is 24.6. The average molecular weight is 483 g/mol. The fourth-order valence-corrected chi connectivity index (χ4v) is 3.67. The Kier molecular flexibility index (Phi) is 6.96. The molecule has 0 aliphatic heterocycles. The number of rotatable bonds is 8. The number of nitrogens with one attached hydrogen (secondary N) is 3. The van der Waals surface area contributed by atoms with E-state index >= 15 is 0 Å². The van der Waals surface area contributed by atoms with E-state index in [1.165, 1.54) is 0 Å². The van der Waals surface area contributed by atoms with E-state index in [0.29, 0.717) is 33.6 Å². The van der Waals surface area contributed by atoms with Gasteiger partial charge in [0.1, 0.15) is 12.4 Å². The molecule has 2 aromatic heterocycles. The maximum atomic E-state index is 12.3. The third-order valence-corrected chi connectivity index (χ3v) is 5.73. The number of hydrogen-bond donors (Lipinski definition) is 3. The number of halogens is 1. The van der Waals surface area contributed by atoms with Crippen molar-refractivity contribution in [3.63, 3.8) is 0 Å². The van der Waals surface area contributed by atoms with Crippen molar-refractivity contribution in [3.8, 4) is 5.75 Å². The molecule has 4 rings (SSSR count). The molecule has 0 saturated heterocycles. The summed E-state index contributed by atoms with van der Waals surface area (Å²) in [7, 11) is 0. The van der Waals surface area contributed by atoms with Gasteiger partial charge in [0.15, 0.2) is 5.01 Å². The second-order valence-corrected chi connectivity index (χ2v) is 8.48. The maximum Gasteiger partial charge on any atom is 0.286 e. The molecule has 168 valence electrons. The molecule has 2 heterocycles. The van der Waals surface area contributed by atoms with Crippen LogP contribution >= 0.6 is 22.9 Å². The predicted octanol–water partition coefficient (Wildman–Crippen LogP) is 3.98. The molecule has 0 atom stereocenters. The van der Waals surface area contributed by atoms with E-state index in [1.54, 1.807) is 54.7 Å². The fraction of sp³-hybridized carbons (Fsp3) is 0.136. The molecule has 0 bridgehead atoms. The van der Waals surface area contributed by atoms with Crippen molar-refractivity contribution in [2.75, 3.05) is 5.32 Å². The Morgan fingerprint density at radius 1 is 1.12 bits per heavy atom. The highest BCUT2D eigenvalue weighted by Gasteiger charge is 2.14. The molecule has 4 aromatic rings. The highest BCUT2D eigenvalue weighted by atomic mass is 35.5. The van der Waals surface area contributed by atoms with Crippen molar-refractivity contribution in [3.05, 3.63) is 86.6 Å². The van der Waals surface area contributed by atoms with E-state index in [4.69, 9.17) is 16.3 Å². The molecule has 3 N–H and O–H groups in total. The number of aromatic amines is 1. The fourth-order valence-electron chi connectivity index (χ4n) is 2.83. The van der Waals surface area contributed by atoms with E-state index in [-0.39, 0.29) is 23.4 Å². The summed E-state index contributed by atoms with van der Waals surface area (Å²) in [5.41, 5.74) is 2.94. The van der Waals surface area contributed by atoms with Gasteiger partial charge in [0.25, 0.3) is 11.8 Å². The molecule has 0 radical (unpaired) electrons. The second kappa shape index (κ2) is 10.2. The zero-order chi connectivity index (χ0) is 23.2. The van der Waals surface area contributed by atoms with Crippen molar-refractivity contribution in [2.24, 2.45) is 0 Å². The van der Waals surface area contributed by atoms with Crippen LogP contribution < -0.4 is 15.4 Å². The number of amides is 2. The molecular weight excluding hydrogens is 464 g/mol. The van der Waals surface area contributed by atoms with E-state index in [2.05, 4.69) is 31.0 Å². The molecule has 0 aliphatic rings. The molecule has 2 aromatic carbocycles. The van der Waals surface area contributed by atoms with Gasteiger partial charge < -0.3 is 15.4 Å². The van der Waals surface area contributed by atoms with Gasteiger partial charge in [-0.2, -0.15) is 5.10 Å². The number of H-pyrrole nitrogens is 1. The molecule has 2 amide bonds. The zero-order valence-electron chi connectivity index (χ0n) is 17.5. The first-order valence-electron chi connectivity index (χ1n) is 9.87. The standard InChI is InChI=1S/C22H19ClN6O3S/c1-13-15(11-25-27-13)10-24-20(30)14-5-7-18(8-6-14)32-12-19-28-29-22(33-19)21(31)26-17-4-2-3-16(23)9-17/h2-9,11H,10,12H2,1H3,(H,24,30)(H,25,27)(H,26,31). The van der Waals surface area contributed by atoms with Gasteiger partial charge in [0, 0.05) is 34.1 Å². The number of ether oxygens (including phenoxy) is 1. The summed E-state index contributed by atoms with van der Waals surface area (Å²) in [6, 6.07) is 13.6. The van der Waals surface area contributed by atoms with Gasteiger partial charge in [0.05, 0.1) is 6.20 Å². The van der Waals surface area contributed by atoms with Crippen LogP contribution in [0.15, 0.2) is 54.7 Å². The van der Waals surface area contributed by atoms with E-state index in [0.717, 1.165) is 22.6 Å². The maximum absolute atomic E-state index is 12.3. The van der Waals surface area contributed by atoms with Crippen LogP contribution in [0.3, 0.4) is 0 Å². The Morgan fingerprint density at radius 3 is 2.67 bits per heavy atom. The van der Waals surface area contributed by atoms with Crippen LogP contribution in [0.4, 0.5) is 5.69 Å². The lowest BCUT2D eigenvalue weighted by atomic mass is 10.2. The Bertz CT molecular complexity index is 1270. The number of anilines is 1. The molecule has 11 heteroatoms. The molecule has 0 unspecified atom stereocenters. The van der Waals surface area contributed by atoms with Crippen LogP contribution in [-0.2, 0) is 13.2 Å². The van der Waals surface area contributed by atoms with Gasteiger partial charge in [-0.15, -0.1) is 10.2 Å². The van der Waals surface area contributed by atoms with Crippen molar-refractivity contribution in [1.29, 1.82) is 0 Å². The minimum absolute atomic E-state index is 0.146. The van der Waals surface area contributed by atoms with Gasteiger partial charge in [0.2, 0.25) is 5.01 Å². The Labute approximate surface area is 198 Å². The Balaban J connectivity index is 1.28. The summed E-state index contributed by atoms with van der Waals surface area (Å²) in [6.07, 6.45) is 1.69. The normalized spacial score (nSPS) is 10.6. The van der Waals surface area contributed by atoms with Crippen molar-refractivity contribution in [2.45, 2.75) is 20.1 Å². The largest absolute Gasteiger partial charge is 0.486 e. The van der Waals surface area contributed by atoms with E-state index < -0.39 is 0 Å². The van der Waals surface area contributed by atoms with Crippen LogP contribution in [0.25, 0.3) is 0 Å². The van der Waals surface area contributed by atoms with Crippen molar-refractivity contribution < 1.29 is 14.3 Å². The number of carbonyl (C=O) groups excluding carboxylic acids is 2. The summed E-state index contributed by atoms with van der Waals surface area (Å²) in [5, 5.41) is 21.5. The number of benzene rings is 2. The molecule has 0 saturated carbocycles. The summed E-state index contributed by atoms with van der Waals surface area (Å²) in [5.74, 6) is 0.000912. The number of aryl methyl sites for hydroxylation is 1. The summed E-state index contributed by atoms with van der Waals surface area (Å²) < 4.78 is 5.70. The molecule has 0 spiro atoms. The lowest BCUT2D eigenvalue weighted by molar-refractivity contribution is 0.0950. The first kappa shape index (κ1) is 22.4. The third-order valence-electron chi connectivity index (χ3n) is 4.60. The number of carbonyl (C=O) groups is 2. The Hall–Kier alpha value is -3.76. The van der Waals surface area contributed by atoms with Crippen molar-refractivity contribution >= 4 is 40.4 Å². The zero-order valence-corrected chi connectivity index (χ0v) is 19.0. The first-order valence-corrected chi connectivity index (χ1v) is 11.1. The van der Waals surface area contributed by atoms with E-state index in [9.17, 15) is 9.59 Å². The minimum atomic E-state index is -0.373. The lowest BCUT2D eigenvalue weighted by Crippen LogP contribution is -2.22. The van der Waals surface area contributed by atoms with Gasteiger partial charge in [-0.1, -0.05) is 29.0 Å². The molecule has 0 aliphatic carbocycles. The first-order chi connectivity index (χ1) is 16.0. The van der Waals surface area contributed by atoms with Gasteiger partial charge in [-0.05, 0) is 49.4 Å². The van der Waals surface area contributed by atoms with Crippen molar-refractivity contribution in [1.82, 2.24) is 25.7 Å². The Morgan fingerprint density at radius 2 is 1.94 bits per heavy atom. The topological polar surface area (TPSA) is 122 Å². The summed E-state index contributed by atoms with van der Waals surface area (Å²) >= 11 is 7.06. The molecule has 0 fully saturated rings. The third kappa shape index (κ3) is 5.93.